The van der Waals surface area contributed by atoms with Crippen LogP contribution in [0.25, 0.3) is 11.3 Å². The summed E-state index contributed by atoms with van der Waals surface area (Å²) in [4.78, 5) is 31.9. The van der Waals surface area contributed by atoms with Gasteiger partial charge in [-0.3, -0.25) is 9.59 Å². The highest BCUT2D eigenvalue weighted by Crippen LogP contribution is 2.22. The molecule has 2 aliphatic heterocycles. The van der Waals surface area contributed by atoms with Crippen molar-refractivity contribution in [1.29, 1.82) is 0 Å². The highest BCUT2D eigenvalue weighted by molar-refractivity contribution is 5.94. The first-order chi connectivity index (χ1) is 18.6. The fraction of sp³-hybridized carbons (Fsp3) is 0.429. The average molecular weight is 520 g/mol. The van der Waals surface area contributed by atoms with E-state index in [0.29, 0.717) is 32.8 Å². The lowest BCUT2D eigenvalue weighted by Gasteiger charge is -2.28. The molecule has 0 spiro atoms. The second kappa shape index (κ2) is 12.1. The second-order valence-corrected chi connectivity index (χ2v) is 9.52. The summed E-state index contributed by atoms with van der Waals surface area (Å²) in [5, 5.41) is 8.87. The average Bonchev–Trinajstić information content (AvgIpc) is 3.63. The number of benzene rings is 1. The molecule has 4 heterocycles. The number of hydrogen-bond acceptors (Lipinski definition) is 8. The van der Waals surface area contributed by atoms with Gasteiger partial charge in [-0.25, -0.2) is 0 Å². The maximum absolute atomic E-state index is 13.3. The van der Waals surface area contributed by atoms with Crippen molar-refractivity contribution in [3.05, 3.63) is 60.6 Å². The zero-order valence-corrected chi connectivity index (χ0v) is 21.6. The largest absolute Gasteiger partial charge is 0.497 e. The van der Waals surface area contributed by atoms with Crippen molar-refractivity contribution >= 4 is 17.6 Å². The summed E-state index contributed by atoms with van der Waals surface area (Å²) in [7, 11) is 1.64. The summed E-state index contributed by atoms with van der Waals surface area (Å²) >= 11 is 0. The molecule has 0 N–H and O–H groups in total. The number of nitrogens with zero attached hydrogens (tertiary/aromatic N) is 5. The third-order valence-corrected chi connectivity index (χ3v) is 7.00. The van der Waals surface area contributed by atoms with Crippen LogP contribution in [0.2, 0.25) is 0 Å². The Labute approximate surface area is 222 Å². The van der Waals surface area contributed by atoms with E-state index in [1.54, 1.807) is 24.1 Å². The maximum atomic E-state index is 13.3. The number of rotatable bonds is 8. The van der Waals surface area contributed by atoms with Crippen LogP contribution in [0.3, 0.4) is 0 Å². The Hall–Kier alpha value is -3.92. The first-order valence-corrected chi connectivity index (χ1v) is 13.1. The molecule has 0 saturated carbocycles. The van der Waals surface area contributed by atoms with Crippen LogP contribution in [0, 0.1) is 0 Å². The fourth-order valence-electron chi connectivity index (χ4n) is 4.88. The van der Waals surface area contributed by atoms with Crippen LogP contribution >= 0.6 is 0 Å². The Morgan fingerprint density at radius 1 is 1.03 bits per heavy atom. The predicted molar refractivity (Wildman–Crippen MR) is 141 cm³/mol. The Bertz CT molecular complexity index is 1190. The Balaban J connectivity index is 1.20. The molecule has 200 valence electrons. The molecule has 0 radical (unpaired) electrons. The molecular formula is C28H33N5O5. The van der Waals surface area contributed by atoms with Crippen LogP contribution < -0.4 is 9.64 Å². The standard InChI is InChI=1S/C28H33N5O5/c1-36-22-9-7-21(8-10-22)24-11-12-26(30-29-24)31-13-4-14-32(16-15-31)27(34)20-33(19-23-5-2-17-37-23)28(35)25-6-3-18-38-25/h3,6-12,18,23H,2,4-5,13-17,19-20H2,1H3. The van der Waals surface area contributed by atoms with E-state index in [1.807, 2.05) is 41.3 Å². The van der Waals surface area contributed by atoms with Crippen LogP contribution in [-0.2, 0) is 9.53 Å². The molecule has 10 nitrogen and oxygen atoms in total. The summed E-state index contributed by atoms with van der Waals surface area (Å²) in [6.07, 6.45) is 4.06. The lowest BCUT2D eigenvalue weighted by molar-refractivity contribution is -0.132. The molecule has 3 aromatic rings. The van der Waals surface area contributed by atoms with Crippen LogP contribution in [0.1, 0.15) is 29.8 Å². The number of amides is 2. The van der Waals surface area contributed by atoms with Crippen LogP contribution in [0.15, 0.2) is 59.2 Å². The molecule has 10 heteroatoms. The normalized spacial score (nSPS) is 17.8. The molecule has 2 fully saturated rings. The molecule has 38 heavy (non-hydrogen) atoms. The summed E-state index contributed by atoms with van der Waals surface area (Å²) < 4.78 is 16.3. The second-order valence-electron chi connectivity index (χ2n) is 9.52. The number of aromatic nitrogens is 2. The van der Waals surface area contributed by atoms with Crippen molar-refractivity contribution in [3.63, 3.8) is 0 Å². The number of carbonyl (C=O) groups excluding carboxylic acids is 2. The maximum Gasteiger partial charge on any atom is 0.290 e. The molecule has 2 aliphatic rings. The van der Waals surface area contributed by atoms with Gasteiger partial charge in [0.25, 0.3) is 5.91 Å². The monoisotopic (exact) mass is 519 g/mol. The van der Waals surface area contributed by atoms with E-state index < -0.39 is 0 Å². The Morgan fingerprint density at radius 3 is 2.58 bits per heavy atom. The lowest BCUT2D eigenvalue weighted by Crippen LogP contribution is -2.46. The molecule has 1 atom stereocenters. The van der Waals surface area contributed by atoms with E-state index in [4.69, 9.17) is 13.9 Å². The molecule has 2 saturated heterocycles. The van der Waals surface area contributed by atoms with E-state index in [1.165, 1.54) is 6.26 Å². The van der Waals surface area contributed by atoms with E-state index in [-0.39, 0.29) is 30.2 Å². The Kier molecular flexibility index (Phi) is 8.18. The van der Waals surface area contributed by atoms with Gasteiger partial charge in [-0.2, -0.15) is 0 Å². The summed E-state index contributed by atoms with van der Waals surface area (Å²) in [6, 6.07) is 14.9. The van der Waals surface area contributed by atoms with Gasteiger partial charge in [0.05, 0.1) is 25.2 Å². The van der Waals surface area contributed by atoms with Gasteiger partial charge in [0.15, 0.2) is 11.6 Å². The van der Waals surface area contributed by atoms with Gasteiger partial charge < -0.3 is 28.6 Å². The number of methoxy groups -OCH3 is 1. The highest BCUT2D eigenvalue weighted by atomic mass is 16.5. The topological polar surface area (TPSA) is 101 Å². The molecule has 0 aliphatic carbocycles. The highest BCUT2D eigenvalue weighted by Gasteiger charge is 2.29. The summed E-state index contributed by atoms with van der Waals surface area (Å²) in [5.74, 6) is 1.44. The minimum Gasteiger partial charge on any atom is -0.497 e. The molecule has 1 aromatic carbocycles. The third kappa shape index (κ3) is 6.13. The van der Waals surface area contributed by atoms with Crippen molar-refractivity contribution in [2.24, 2.45) is 0 Å². The van der Waals surface area contributed by atoms with E-state index in [2.05, 4.69) is 15.1 Å². The van der Waals surface area contributed by atoms with Gasteiger partial charge in [-0.15, -0.1) is 10.2 Å². The van der Waals surface area contributed by atoms with Gasteiger partial charge in [0, 0.05) is 44.9 Å². The molecule has 2 amide bonds. The summed E-state index contributed by atoms with van der Waals surface area (Å²) in [5.41, 5.74) is 1.75. The van der Waals surface area contributed by atoms with Gasteiger partial charge in [0.2, 0.25) is 5.91 Å². The number of furan rings is 1. The molecule has 2 aromatic heterocycles. The van der Waals surface area contributed by atoms with Crippen LogP contribution in [0.5, 0.6) is 5.75 Å². The fourth-order valence-corrected chi connectivity index (χ4v) is 4.88. The van der Waals surface area contributed by atoms with Gasteiger partial charge >= 0.3 is 0 Å². The van der Waals surface area contributed by atoms with Crippen molar-refractivity contribution < 1.29 is 23.5 Å². The van der Waals surface area contributed by atoms with Crippen molar-refractivity contribution in [2.45, 2.75) is 25.4 Å². The minimum absolute atomic E-state index is 0.00421. The zero-order chi connectivity index (χ0) is 26.3. The zero-order valence-electron chi connectivity index (χ0n) is 21.6. The summed E-state index contributed by atoms with van der Waals surface area (Å²) in [6.45, 7) is 3.63. The van der Waals surface area contributed by atoms with Gasteiger partial charge in [-0.1, -0.05) is 0 Å². The molecule has 1 unspecified atom stereocenters. The quantitative estimate of drug-likeness (QED) is 0.448. The van der Waals surface area contributed by atoms with E-state index >= 15 is 0 Å². The van der Waals surface area contributed by atoms with Crippen molar-refractivity contribution in [3.8, 4) is 17.0 Å². The number of ether oxygens (including phenoxy) is 2. The number of anilines is 1. The lowest BCUT2D eigenvalue weighted by atomic mass is 10.1. The number of carbonyl (C=O) groups is 2. The van der Waals surface area contributed by atoms with Crippen LogP contribution in [-0.4, -0.2) is 90.9 Å². The van der Waals surface area contributed by atoms with Crippen molar-refractivity contribution in [2.75, 3.05) is 57.9 Å². The SMILES string of the molecule is COc1ccc(-c2ccc(N3CCCN(C(=O)CN(CC4CCCO4)C(=O)c4ccco4)CC3)nn2)cc1. The predicted octanol–water partition coefficient (Wildman–Crippen LogP) is 3.11. The molecule has 0 bridgehead atoms. The van der Waals surface area contributed by atoms with E-state index in [0.717, 1.165) is 48.6 Å². The Morgan fingerprint density at radius 2 is 1.89 bits per heavy atom. The first-order valence-electron chi connectivity index (χ1n) is 13.1. The first kappa shape index (κ1) is 25.7. The van der Waals surface area contributed by atoms with Gasteiger partial charge in [-0.05, 0) is 67.8 Å². The third-order valence-electron chi connectivity index (χ3n) is 7.00. The van der Waals surface area contributed by atoms with E-state index in [9.17, 15) is 9.59 Å². The smallest absolute Gasteiger partial charge is 0.290 e. The molecule has 5 rings (SSSR count). The number of hydrogen-bond donors (Lipinski definition) is 0. The minimum atomic E-state index is -0.289. The van der Waals surface area contributed by atoms with Crippen molar-refractivity contribution in [1.82, 2.24) is 20.0 Å². The van der Waals surface area contributed by atoms with Crippen LogP contribution in [0.4, 0.5) is 5.82 Å². The molecular weight excluding hydrogens is 486 g/mol. The van der Waals surface area contributed by atoms with Gasteiger partial charge in [0.1, 0.15) is 12.3 Å².